The smallest absolute Gasteiger partial charge is 0.384 e. The summed E-state index contributed by atoms with van der Waals surface area (Å²) in [5.74, 6) is 4.46. The minimum atomic E-state index is -1.22. The summed E-state index contributed by atoms with van der Waals surface area (Å²) < 4.78 is 16.4. The molecule has 31 heavy (non-hydrogen) atoms. The van der Waals surface area contributed by atoms with Crippen LogP contribution in [0.25, 0.3) is 10.2 Å². The summed E-state index contributed by atoms with van der Waals surface area (Å²) in [5.41, 5.74) is 1.17. The molecule has 0 saturated carbocycles. The van der Waals surface area contributed by atoms with Gasteiger partial charge in [-0.25, -0.2) is 14.6 Å². The van der Waals surface area contributed by atoms with Crippen molar-refractivity contribution in [3.63, 3.8) is 0 Å². The number of rotatable bonds is 7. The number of carbonyl (C=O) groups excluding carboxylic acids is 2. The highest BCUT2D eigenvalue weighted by molar-refractivity contribution is 7.22. The third-order valence-electron chi connectivity index (χ3n) is 4.01. The molecule has 0 bridgehead atoms. The molecule has 1 heterocycles. The zero-order chi connectivity index (χ0) is 22.2. The zero-order valence-electron chi connectivity index (χ0n) is 16.6. The van der Waals surface area contributed by atoms with Gasteiger partial charge in [0.1, 0.15) is 6.10 Å². The van der Waals surface area contributed by atoms with Crippen molar-refractivity contribution in [2.24, 2.45) is 5.10 Å². The Labute approximate surface area is 181 Å². The Hall–Kier alpha value is -3.90. The van der Waals surface area contributed by atoms with Crippen LogP contribution in [0.2, 0.25) is 0 Å². The van der Waals surface area contributed by atoms with Gasteiger partial charge in [0.15, 0.2) is 18.2 Å². The summed E-state index contributed by atoms with van der Waals surface area (Å²) >= 11 is 1.35. The molecule has 0 aliphatic rings. The van der Waals surface area contributed by atoms with Gasteiger partial charge in [-0.05, 0) is 29.8 Å². The maximum Gasteiger partial charge on any atom is 0.384 e. The van der Waals surface area contributed by atoms with Gasteiger partial charge < -0.3 is 19.3 Å². The van der Waals surface area contributed by atoms with Gasteiger partial charge in [-0.1, -0.05) is 40.6 Å². The van der Waals surface area contributed by atoms with Crippen LogP contribution in [0.5, 0.6) is 11.5 Å². The highest BCUT2D eigenvalue weighted by Crippen LogP contribution is 2.32. The van der Waals surface area contributed by atoms with Crippen molar-refractivity contribution in [1.29, 1.82) is 0 Å². The molecular weight excluding hydrogens is 422 g/mol. The largest absolute Gasteiger partial charge is 0.493 e. The van der Waals surface area contributed by atoms with Crippen LogP contribution in [0.4, 0.5) is 5.13 Å². The first-order valence-electron chi connectivity index (χ1n) is 8.85. The van der Waals surface area contributed by atoms with E-state index < -0.39 is 12.1 Å². The lowest BCUT2D eigenvalue weighted by Gasteiger charge is -2.17. The fourth-order valence-electron chi connectivity index (χ4n) is 2.51. The number of carbonyl (C=O) groups is 1. The van der Waals surface area contributed by atoms with Gasteiger partial charge in [-0.3, -0.25) is 0 Å². The van der Waals surface area contributed by atoms with Crippen molar-refractivity contribution >= 4 is 38.7 Å². The number of aliphatic hydroxyl groups is 1. The van der Waals surface area contributed by atoms with Crippen molar-refractivity contribution < 1.29 is 28.9 Å². The predicted octanol–water partition coefficient (Wildman–Crippen LogP) is 2.61. The number of nitrogens with zero attached hydrogens (tertiary/aromatic N) is 3. The fraction of sp³-hybridized carbons (Fsp3) is 0.190. The number of isocyanates is 1. The van der Waals surface area contributed by atoms with Crippen molar-refractivity contribution in [2.45, 2.75) is 6.10 Å². The quantitative estimate of drug-likeness (QED) is 0.114. The highest BCUT2D eigenvalue weighted by atomic mass is 32.1. The molecule has 0 aliphatic carbocycles. The maximum absolute atomic E-state index is 11.1. The van der Waals surface area contributed by atoms with Crippen LogP contribution in [-0.2, 0) is 14.3 Å². The molecule has 158 valence electrons. The molecule has 0 spiro atoms. The molecular formula is C21H17N3O6S. The lowest BCUT2D eigenvalue weighted by Crippen LogP contribution is -2.22. The molecule has 3 rings (SSSR count). The average Bonchev–Trinajstić information content (AvgIpc) is 3.23. The normalized spacial score (nSPS) is 10.9. The Morgan fingerprint density at radius 3 is 2.77 bits per heavy atom. The molecule has 0 saturated heterocycles. The number of aliphatic hydroxyl groups excluding tert-OH is 1. The Morgan fingerprint density at radius 2 is 2.06 bits per heavy atom. The summed E-state index contributed by atoms with van der Waals surface area (Å²) in [6.07, 6.45) is 0.276. The Balaban J connectivity index is 1.77. The first-order valence-corrected chi connectivity index (χ1v) is 9.66. The van der Waals surface area contributed by atoms with Gasteiger partial charge >= 0.3 is 5.97 Å². The molecule has 1 N–H and O–H groups in total. The van der Waals surface area contributed by atoms with Gasteiger partial charge in [0.2, 0.25) is 5.13 Å². The number of aromatic nitrogens is 1. The van der Waals surface area contributed by atoms with Gasteiger partial charge in [0, 0.05) is 5.92 Å². The molecule has 0 radical (unpaired) electrons. The Kier molecular flexibility index (Phi) is 7.19. The first-order chi connectivity index (χ1) is 15.0. The van der Waals surface area contributed by atoms with E-state index in [4.69, 9.17) is 9.47 Å². The number of methoxy groups -OCH3 is 2. The summed E-state index contributed by atoms with van der Waals surface area (Å²) in [5, 5.41) is 15.5. The fourth-order valence-corrected chi connectivity index (χ4v) is 3.42. The van der Waals surface area contributed by atoms with Crippen LogP contribution in [0, 0.1) is 11.8 Å². The van der Waals surface area contributed by atoms with Crippen LogP contribution >= 0.6 is 11.3 Å². The number of esters is 1. The number of benzene rings is 2. The van der Waals surface area contributed by atoms with E-state index in [0.29, 0.717) is 22.2 Å². The number of hydrogen-bond acceptors (Lipinski definition) is 10. The second kappa shape index (κ2) is 10.2. The Morgan fingerprint density at radius 1 is 1.26 bits per heavy atom. The standard InChI is InChI=1S/C21H17N3O6S/c1-28-18-11-14(16(26)8-10-20(27)29-2)7-9-17(18)30-13-24(22-12-25)21-23-15-5-3-4-6-19(15)31-21/h3-7,9,11,16,26H,13H2,1-2H3. The molecule has 0 aliphatic heterocycles. The van der Waals surface area contributed by atoms with E-state index in [1.165, 1.54) is 42.7 Å². The van der Waals surface area contributed by atoms with Crippen molar-refractivity contribution in [2.75, 3.05) is 26.0 Å². The number of para-hydroxylation sites is 1. The third kappa shape index (κ3) is 5.38. The van der Waals surface area contributed by atoms with E-state index in [1.807, 2.05) is 24.3 Å². The predicted molar refractivity (Wildman–Crippen MR) is 113 cm³/mol. The summed E-state index contributed by atoms with van der Waals surface area (Å²) in [4.78, 5) is 26.4. The Bertz CT molecular complexity index is 1160. The zero-order valence-corrected chi connectivity index (χ0v) is 17.4. The molecule has 10 heteroatoms. The van der Waals surface area contributed by atoms with Crippen molar-refractivity contribution in [3.05, 3.63) is 48.0 Å². The van der Waals surface area contributed by atoms with Crippen LogP contribution in [0.15, 0.2) is 47.6 Å². The highest BCUT2D eigenvalue weighted by Gasteiger charge is 2.15. The molecule has 3 aromatic rings. The molecule has 1 unspecified atom stereocenters. The molecule has 0 amide bonds. The van der Waals surface area contributed by atoms with E-state index in [1.54, 1.807) is 12.1 Å². The molecule has 1 aromatic heterocycles. The SMILES string of the molecule is COC(=O)C#CC(O)c1ccc(OCN(N=C=O)c2nc3ccccc3s2)c(OC)c1. The van der Waals surface area contributed by atoms with Crippen LogP contribution in [0.1, 0.15) is 11.7 Å². The van der Waals surface area contributed by atoms with Crippen molar-refractivity contribution in [3.8, 4) is 23.3 Å². The van der Waals surface area contributed by atoms with Gasteiger partial charge in [-0.15, -0.1) is 0 Å². The van der Waals surface area contributed by atoms with Gasteiger partial charge in [0.05, 0.1) is 24.4 Å². The number of hydrazone groups is 1. The lowest BCUT2D eigenvalue weighted by molar-refractivity contribution is -0.133. The molecule has 2 aromatic carbocycles. The second-order valence-electron chi connectivity index (χ2n) is 5.90. The van der Waals surface area contributed by atoms with Crippen LogP contribution < -0.4 is 14.5 Å². The van der Waals surface area contributed by atoms with Crippen LogP contribution in [-0.4, -0.2) is 43.1 Å². The van der Waals surface area contributed by atoms with E-state index in [0.717, 1.165) is 10.2 Å². The van der Waals surface area contributed by atoms with E-state index in [-0.39, 0.29) is 6.73 Å². The van der Waals surface area contributed by atoms with E-state index >= 15 is 0 Å². The number of anilines is 1. The summed E-state index contributed by atoms with van der Waals surface area (Å²) in [6, 6.07) is 12.2. The van der Waals surface area contributed by atoms with Gasteiger partial charge in [-0.2, -0.15) is 5.01 Å². The topological polar surface area (TPSA) is 111 Å². The minimum Gasteiger partial charge on any atom is -0.493 e. The molecule has 1 atom stereocenters. The lowest BCUT2D eigenvalue weighted by atomic mass is 10.1. The number of hydrogen-bond donors (Lipinski definition) is 1. The van der Waals surface area contributed by atoms with Crippen LogP contribution in [0.3, 0.4) is 0 Å². The number of fused-ring (bicyclic) bond motifs is 1. The molecule has 9 nitrogen and oxygen atoms in total. The van der Waals surface area contributed by atoms with Crippen molar-refractivity contribution in [1.82, 2.24) is 4.98 Å². The number of thiazole rings is 1. The average molecular weight is 439 g/mol. The molecule has 0 fully saturated rings. The third-order valence-corrected chi connectivity index (χ3v) is 5.06. The summed E-state index contributed by atoms with van der Waals surface area (Å²) in [6.45, 7) is -0.129. The summed E-state index contributed by atoms with van der Waals surface area (Å²) in [7, 11) is 2.64. The van der Waals surface area contributed by atoms with E-state index in [2.05, 4.69) is 26.7 Å². The van der Waals surface area contributed by atoms with E-state index in [9.17, 15) is 14.7 Å². The first kappa shape index (κ1) is 21.8. The second-order valence-corrected chi connectivity index (χ2v) is 6.91. The number of ether oxygens (including phenoxy) is 3. The monoisotopic (exact) mass is 439 g/mol. The minimum absolute atomic E-state index is 0.129. The van der Waals surface area contributed by atoms with Gasteiger partial charge in [0.25, 0.3) is 6.08 Å². The maximum atomic E-state index is 11.1.